The van der Waals surface area contributed by atoms with Crippen LogP contribution >= 0.6 is 0 Å². The van der Waals surface area contributed by atoms with Gasteiger partial charge in [0.15, 0.2) is 0 Å². The van der Waals surface area contributed by atoms with E-state index in [-0.39, 0.29) is 35.0 Å². The Bertz CT molecular complexity index is 1540. The lowest BCUT2D eigenvalue weighted by Crippen LogP contribution is -2.17. The summed E-state index contributed by atoms with van der Waals surface area (Å²) in [5, 5.41) is 14.4. The molecule has 0 aliphatic heterocycles. The third kappa shape index (κ3) is 6.37. The fourth-order valence-electron chi connectivity index (χ4n) is 3.93. The Morgan fingerprint density at radius 2 is 1.00 bits per heavy atom. The van der Waals surface area contributed by atoms with Crippen molar-refractivity contribution in [2.24, 2.45) is 0 Å². The molecule has 0 spiro atoms. The third-order valence-corrected chi connectivity index (χ3v) is 5.99. The van der Waals surface area contributed by atoms with E-state index in [9.17, 15) is 41.0 Å². The van der Waals surface area contributed by atoms with Gasteiger partial charge in [-0.1, -0.05) is 0 Å². The highest BCUT2D eigenvalue weighted by atomic mass is 19.4. The summed E-state index contributed by atoms with van der Waals surface area (Å²) in [7, 11) is 0. The highest BCUT2D eigenvalue weighted by molar-refractivity contribution is 6.06. The van der Waals surface area contributed by atoms with Crippen LogP contribution in [0.15, 0.2) is 72.8 Å². The quantitative estimate of drug-likeness (QED) is 0.0978. The van der Waals surface area contributed by atoms with Crippen molar-refractivity contribution >= 4 is 34.6 Å². The minimum atomic E-state index is -5.33. The maximum Gasteiger partial charge on any atom is 0.417 e. The number of rotatable bonds is 5. The van der Waals surface area contributed by atoms with Crippen molar-refractivity contribution in [3.8, 4) is 16.9 Å². The predicted molar refractivity (Wildman–Crippen MR) is 141 cm³/mol. The number of carbonyl (C=O) groups is 2. The summed E-state index contributed by atoms with van der Waals surface area (Å²) in [4.78, 5) is 24.9. The Morgan fingerprint density at radius 1 is 0.619 bits per heavy atom. The van der Waals surface area contributed by atoms with Crippen LogP contribution in [0.25, 0.3) is 11.1 Å². The van der Waals surface area contributed by atoms with Gasteiger partial charge in [0.2, 0.25) is 0 Å². The Labute approximate surface area is 232 Å². The lowest BCUT2D eigenvalue weighted by Gasteiger charge is -2.21. The van der Waals surface area contributed by atoms with Gasteiger partial charge < -0.3 is 27.2 Å². The van der Waals surface area contributed by atoms with E-state index < -0.39 is 69.4 Å². The summed E-state index contributed by atoms with van der Waals surface area (Å²) in [5.41, 5.74) is 3.82. The number of alkyl halides is 6. The van der Waals surface area contributed by atoms with Crippen molar-refractivity contribution in [1.82, 2.24) is 0 Å². The number of aromatic hydroxyl groups is 1. The van der Waals surface area contributed by atoms with Gasteiger partial charge in [0.05, 0.1) is 22.5 Å². The maximum atomic E-state index is 15.0. The van der Waals surface area contributed by atoms with Crippen LogP contribution in [0, 0.1) is 5.82 Å². The standard InChI is InChI=1S/C28H19F7N4O3/c29-21-9-17(19(27(30,31)32)11-22(21)38-25(41)13-1-5-15(36)6-2-13)18-10-24(40)23(12-20(18)28(33,34)35)39-26(42)14-3-7-16(37)8-4-14/h1-12,40H,36-37H2,(H,38,41)(H,39,42). The normalized spacial score (nSPS) is 11.7. The molecule has 0 bridgehead atoms. The average Bonchev–Trinajstić information content (AvgIpc) is 2.90. The zero-order valence-corrected chi connectivity index (χ0v) is 21.0. The molecule has 7 N–H and O–H groups in total. The molecule has 2 amide bonds. The molecule has 0 unspecified atom stereocenters. The second kappa shape index (κ2) is 11.0. The number of benzene rings is 4. The van der Waals surface area contributed by atoms with E-state index in [2.05, 4.69) is 5.32 Å². The van der Waals surface area contributed by atoms with Crippen LogP contribution in [0.5, 0.6) is 5.75 Å². The van der Waals surface area contributed by atoms with Gasteiger partial charge in [-0.15, -0.1) is 0 Å². The zero-order valence-electron chi connectivity index (χ0n) is 21.0. The number of hydrogen-bond acceptors (Lipinski definition) is 5. The minimum absolute atomic E-state index is 0.0423. The van der Waals surface area contributed by atoms with E-state index in [1.807, 2.05) is 5.32 Å². The van der Waals surface area contributed by atoms with E-state index in [0.717, 1.165) is 0 Å². The van der Waals surface area contributed by atoms with Crippen molar-refractivity contribution in [2.45, 2.75) is 12.4 Å². The number of phenols is 1. The molecule has 14 heteroatoms. The van der Waals surface area contributed by atoms with Gasteiger partial charge in [0.1, 0.15) is 11.6 Å². The lowest BCUT2D eigenvalue weighted by molar-refractivity contribution is -0.139. The van der Waals surface area contributed by atoms with Gasteiger partial charge in [0.25, 0.3) is 11.8 Å². The SMILES string of the molecule is Nc1ccc(C(=O)Nc2cc(C(F)(F)F)c(-c3cc(F)c(NC(=O)c4ccc(N)cc4)cc3C(F)(F)F)cc2O)cc1. The van der Waals surface area contributed by atoms with Crippen LogP contribution in [-0.2, 0) is 12.4 Å². The molecule has 4 rings (SSSR count). The molecule has 0 saturated carbocycles. The largest absolute Gasteiger partial charge is 0.506 e. The Morgan fingerprint density at radius 3 is 1.43 bits per heavy atom. The van der Waals surface area contributed by atoms with Crippen molar-refractivity contribution in [3.05, 3.63) is 101 Å². The monoisotopic (exact) mass is 592 g/mol. The summed E-state index contributed by atoms with van der Waals surface area (Å²) in [6.07, 6.45) is -10.6. The lowest BCUT2D eigenvalue weighted by atomic mass is 9.93. The fourth-order valence-corrected chi connectivity index (χ4v) is 3.93. The first-order valence-electron chi connectivity index (χ1n) is 11.7. The number of nitrogens with one attached hydrogen (secondary N) is 2. The molecule has 42 heavy (non-hydrogen) atoms. The van der Waals surface area contributed by atoms with Gasteiger partial charge in [-0.25, -0.2) is 4.39 Å². The first-order chi connectivity index (χ1) is 19.5. The summed E-state index contributed by atoms with van der Waals surface area (Å²) in [6, 6.07) is 11.2. The van der Waals surface area contributed by atoms with Crippen LogP contribution in [-0.4, -0.2) is 16.9 Å². The molecule has 0 radical (unpaired) electrons. The fraction of sp³-hybridized carbons (Fsp3) is 0.0714. The van der Waals surface area contributed by atoms with Crippen LogP contribution in [0.2, 0.25) is 0 Å². The van der Waals surface area contributed by atoms with Crippen LogP contribution in [0.3, 0.4) is 0 Å². The first kappa shape index (κ1) is 29.7. The van der Waals surface area contributed by atoms with Gasteiger partial charge in [-0.3, -0.25) is 9.59 Å². The van der Waals surface area contributed by atoms with Gasteiger partial charge in [-0.05, 0) is 83.9 Å². The van der Waals surface area contributed by atoms with Gasteiger partial charge >= 0.3 is 12.4 Å². The summed E-state index contributed by atoms with van der Waals surface area (Å²) >= 11 is 0. The van der Waals surface area contributed by atoms with Crippen LogP contribution in [0.4, 0.5) is 53.5 Å². The van der Waals surface area contributed by atoms with Crippen molar-refractivity contribution < 1.29 is 45.4 Å². The molecule has 0 fully saturated rings. The summed E-state index contributed by atoms with van der Waals surface area (Å²) in [6.45, 7) is 0. The van der Waals surface area contributed by atoms with Gasteiger partial charge in [-0.2, -0.15) is 26.3 Å². The number of hydrogen-bond donors (Lipinski definition) is 5. The van der Waals surface area contributed by atoms with Crippen molar-refractivity contribution in [3.63, 3.8) is 0 Å². The molecular formula is C28H19F7N4O3. The number of carbonyl (C=O) groups excluding carboxylic acids is 2. The molecule has 218 valence electrons. The molecule has 0 saturated heterocycles. The Kier molecular flexibility index (Phi) is 7.75. The van der Waals surface area contributed by atoms with E-state index in [1.165, 1.54) is 48.5 Å². The van der Waals surface area contributed by atoms with Crippen molar-refractivity contribution in [1.29, 1.82) is 0 Å². The number of nitrogens with two attached hydrogens (primary N) is 2. The number of phenolic OH excluding ortho intramolecular Hbond substituents is 1. The average molecular weight is 592 g/mol. The number of anilines is 4. The highest BCUT2D eigenvalue weighted by Crippen LogP contribution is 2.47. The Hall–Kier alpha value is -5.27. The van der Waals surface area contributed by atoms with Crippen LogP contribution < -0.4 is 22.1 Å². The predicted octanol–water partition coefficient (Wildman–Crippen LogP) is 6.90. The number of amides is 2. The smallest absolute Gasteiger partial charge is 0.417 e. The number of nitrogen functional groups attached to an aromatic ring is 2. The van der Waals surface area contributed by atoms with E-state index in [1.54, 1.807) is 0 Å². The first-order valence-corrected chi connectivity index (χ1v) is 11.7. The highest BCUT2D eigenvalue weighted by Gasteiger charge is 2.40. The summed E-state index contributed by atoms with van der Waals surface area (Å²) < 4.78 is 99.6. The van der Waals surface area contributed by atoms with E-state index in [4.69, 9.17) is 11.5 Å². The Balaban J connectivity index is 1.80. The van der Waals surface area contributed by atoms with E-state index in [0.29, 0.717) is 11.8 Å². The van der Waals surface area contributed by atoms with Crippen LogP contribution in [0.1, 0.15) is 31.8 Å². The van der Waals surface area contributed by atoms with Gasteiger partial charge in [0, 0.05) is 22.5 Å². The molecule has 0 atom stereocenters. The molecule has 0 aliphatic rings. The third-order valence-electron chi connectivity index (χ3n) is 5.99. The zero-order chi connectivity index (χ0) is 31.0. The molecule has 7 nitrogen and oxygen atoms in total. The minimum Gasteiger partial charge on any atom is -0.506 e. The second-order valence-corrected chi connectivity index (χ2v) is 8.94. The molecule has 0 aromatic heterocycles. The molecule has 4 aromatic rings. The number of halogens is 7. The van der Waals surface area contributed by atoms with Crippen molar-refractivity contribution in [2.75, 3.05) is 22.1 Å². The molecule has 4 aromatic carbocycles. The molecule has 0 aliphatic carbocycles. The molecular weight excluding hydrogens is 573 g/mol. The second-order valence-electron chi connectivity index (χ2n) is 8.94. The summed E-state index contributed by atoms with van der Waals surface area (Å²) in [5.74, 6) is -4.48. The molecule has 0 heterocycles. The maximum absolute atomic E-state index is 15.0. The topological polar surface area (TPSA) is 130 Å². The van der Waals surface area contributed by atoms with E-state index >= 15 is 4.39 Å².